The van der Waals surface area contributed by atoms with E-state index in [1.165, 1.54) is 19.3 Å². The molecule has 0 bridgehead atoms. The predicted molar refractivity (Wildman–Crippen MR) is 78.2 cm³/mol. The van der Waals surface area contributed by atoms with Gasteiger partial charge < -0.3 is 26.6 Å². The second kappa shape index (κ2) is 13.2. The summed E-state index contributed by atoms with van der Waals surface area (Å²) in [6, 6.07) is 0. The lowest BCUT2D eigenvalue weighted by Gasteiger charge is -2.10. The van der Waals surface area contributed by atoms with Crippen molar-refractivity contribution in [1.29, 1.82) is 0 Å². The smallest absolute Gasteiger partial charge is 0.00772 e. The summed E-state index contributed by atoms with van der Waals surface area (Å²) in [5.74, 6) is 0. The van der Waals surface area contributed by atoms with Gasteiger partial charge in [-0.1, -0.05) is 6.42 Å². The monoisotopic (exact) mass is 257 g/mol. The van der Waals surface area contributed by atoms with E-state index in [-0.39, 0.29) is 0 Å². The van der Waals surface area contributed by atoms with Gasteiger partial charge in [0.1, 0.15) is 0 Å². The first-order valence-corrected chi connectivity index (χ1v) is 7.54. The van der Waals surface area contributed by atoms with Crippen LogP contribution < -0.4 is 26.6 Å². The molecule has 18 heavy (non-hydrogen) atoms. The molecule has 5 nitrogen and oxygen atoms in total. The first-order chi connectivity index (χ1) is 9.00. The van der Waals surface area contributed by atoms with Gasteiger partial charge in [-0.15, -0.1) is 0 Å². The Morgan fingerprint density at radius 3 is 0.889 bits per heavy atom. The summed E-state index contributed by atoms with van der Waals surface area (Å²) in [7, 11) is 0. The van der Waals surface area contributed by atoms with Gasteiger partial charge in [-0.25, -0.2) is 0 Å². The van der Waals surface area contributed by atoms with Crippen LogP contribution in [0.3, 0.4) is 0 Å². The summed E-state index contributed by atoms with van der Waals surface area (Å²) in [6.45, 7) is 10.8. The van der Waals surface area contributed by atoms with Crippen molar-refractivity contribution in [3.8, 4) is 0 Å². The average Bonchev–Trinajstić information content (AvgIpc) is 2.39. The maximum Gasteiger partial charge on any atom is 0.00772 e. The molecule has 0 unspecified atom stereocenters. The topological polar surface area (TPSA) is 60.1 Å². The van der Waals surface area contributed by atoms with Gasteiger partial charge in [-0.05, 0) is 25.9 Å². The third kappa shape index (κ3) is 10.9. The van der Waals surface area contributed by atoms with Gasteiger partial charge in [0.25, 0.3) is 0 Å². The Morgan fingerprint density at radius 1 is 0.278 bits per heavy atom. The highest BCUT2D eigenvalue weighted by molar-refractivity contribution is 4.59. The van der Waals surface area contributed by atoms with Crippen molar-refractivity contribution in [2.75, 3.05) is 65.4 Å². The molecular formula is C13H31N5. The molecule has 1 fully saturated rings. The molecule has 1 aliphatic heterocycles. The summed E-state index contributed by atoms with van der Waals surface area (Å²) >= 11 is 0. The van der Waals surface area contributed by atoms with Crippen molar-refractivity contribution >= 4 is 0 Å². The van der Waals surface area contributed by atoms with Crippen LogP contribution >= 0.6 is 0 Å². The molecule has 1 aliphatic rings. The fourth-order valence-corrected chi connectivity index (χ4v) is 2.01. The largest absolute Gasteiger partial charge is 0.315 e. The lowest BCUT2D eigenvalue weighted by atomic mass is 10.2. The Labute approximate surface area is 112 Å². The van der Waals surface area contributed by atoms with Crippen LogP contribution in [-0.4, -0.2) is 65.4 Å². The molecular weight excluding hydrogens is 226 g/mol. The normalized spacial score (nSPS) is 24.0. The molecule has 0 aromatic heterocycles. The van der Waals surface area contributed by atoms with Crippen molar-refractivity contribution in [1.82, 2.24) is 26.6 Å². The zero-order valence-corrected chi connectivity index (χ0v) is 11.7. The first-order valence-electron chi connectivity index (χ1n) is 7.54. The summed E-state index contributed by atoms with van der Waals surface area (Å²) in [5.41, 5.74) is 0. The zero-order valence-electron chi connectivity index (χ0n) is 11.7. The molecule has 0 atom stereocenters. The van der Waals surface area contributed by atoms with Crippen molar-refractivity contribution in [3.05, 3.63) is 0 Å². The Balaban J connectivity index is 2.00. The zero-order chi connectivity index (χ0) is 12.7. The Kier molecular flexibility index (Phi) is 11.7. The molecule has 1 saturated heterocycles. The predicted octanol–water partition coefficient (Wildman–Crippen LogP) is -0.882. The maximum absolute atomic E-state index is 3.48. The summed E-state index contributed by atoms with van der Waals surface area (Å²) in [6.07, 6.45) is 3.91. The second-order valence-electron chi connectivity index (χ2n) is 4.81. The fraction of sp³-hybridized carbons (Fsp3) is 1.00. The summed E-state index contributed by atoms with van der Waals surface area (Å²) < 4.78 is 0. The van der Waals surface area contributed by atoms with Crippen molar-refractivity contribution in [3.63, 3.8) is 0 Å². The minimum Gasteiger partial charge on any atom is -0.315 e. The Bertz CT molecular complexity index is 90.4. The third-order valence-electron chi connectivity index (χ3n) is 3.12. The van der Waals surface area contributed by atoms with Gasteiger partial charge in [-0.2, -0.15) is 0 Å². The van der Waals surface area contributed by atoms with Gasteiger partial charge in [0, 0.05) is 52.4 Å². The van der Waals surface area contributed by atoms with E-state index >= 15 is 0 Å². The second-order valence-corrected chi connectivity index (χ2v) is 4.81. The molecule has 0 saturated carbocycles. The van der Waals surface area contributed by atoms with E-state index in [4.69, 9.17) is 0 Å². The van der Waals surface area contributed by atoms with E-state index in [0.29, 0.717) is 0 Å². The van der Waals surface area contributed by atoms with Crippen LogP contribution in [0.2, 0.25) is 0 Å². The summed E-state index contributed by atoms with van der Waals surface area (Å²) in [5, 5.41) is 17.2. The van der Waals surface area contributed by atoms with Crippen molar-refractivity contribution < 1.29 is 0 Å². The molecule has 5 heteroatoms. The quantitative estimate of drug-likeness (QED) is 0.390. The average molecular weight is 257 g/mol. The molecule has 0 aromatic carbocycles. The Hall–Kier alpha value is -0.200. The van der Waals surface area contributed by atoms with Crippen molar-refractivity contribution in [2.24, 2.45) is 0 Å². The number of rotatable bonds is 0. The van der Waals surface area contributed by atoms with E-state index < -0.39 is 0 Å². The number of nitrogens with one attached hydrogen (secondary N) is 5. The molecule has 0 amide bonds. The van der Waals surface area contributed by atoms with Crippen molar-refractivity contribution in [2.45, 2.75) is 19.3 Å². The minimum atomic E-state index is 1.06. The van der Waals surface area contributed by atoms with Crippen LogP contribution in [0.4, 0.5) is 0 Å². The molecule has 5 N–H and O–H groups in total. The van der Waals surface area contributed by atoms with E-state index in [1.807, 2.05) is 0 Å². The lowest BCUT2D eigenvalue weighted by Crippen LogP contribution is -2.36. The minimum absolute atomic E-state index is 1.06. The lowest BCUT2D eigenvalue weighted by molar-refractivity contribution is 0.529. The van der Waals surface area contributed by atoms with Crippen LogP contribution in [0, 0.1) is 0 Å². The van der Waals surface area contributed by atoms with Gasteiger partial charge >= 0.3 is 0 Å². The van der Waals surface area contributed by atoms with Crippen LogP contribution in [0.1, 0.15) is 19.3 Å². The van der Waals surface area contributed by atoms with Gasteiger partial charge in [-0.3, -0.25) is 0 Å². The van der Waals surface area contributed by atoms with Crippen LogP contribution in [0.15, 0.2) is 0 Å². The first kappa shape index (κ1) is 15.9. The Morgan fingerprint density at radius 2 is 0.556 bits per heavy atom. The molecule has 0 aromatic rings. The van der Waals surface area contributed by atoms with E-state index in [1.54, 1.807) is 0 Å². The number of hydrogen-bond donors (Lipinski definition) is 5. The van der Waals surface area contributed by atoms with E-state index in [2.05, 4.69) is 26.6 Å². The van der Waals surface area contributed by atoms with Crippen LogP contribution in [-0.2, 0) is 0 Å². The van der Waals surface area contributed by atoms with Crippen LogP contribution in [0.5, 0.6) is 0 Å². The third-order valence-corrected chi connectivity index (χ3v) is 3.12. The van der Waals surface area contributed by atoms with Gasteiger partial charge in [0.15, 0.2) is 0 Å². The highest BCUT2D eigenvalue weighted by Crippen LogP contribution is 1.91. The van der Waals surface area contributed by atoms with Gasteiger partial charge in [0.2, 0.25) is 0 Å². The molecule has 0 aliphatic carbocycles. The molecule has 0 radical (unpaired) electrons. The molecule has 0 spiro atoms. The van der Waals surface area contributed by atoms with Crippen LogP contribution in [0.25, 0.3) is 0 Å². The molecule has 108 valence electrons. The standard InChI is InChI=1S/C13H31N5/c1-2-4-14-6-8-16-10-12-18-13-11-17-9-7-15-5-3-1/h14-18H,1-13H2. The highest BCUT2D eigenvalue weighted by atomic mass is 15.0. The number of hydrogen-bond acceptors (Lipinski definition) is 5. The fourth-order valence-electron chi connectivity index (χ4n) is 2.01. The summed E-state index contributed by atoms with van der Waals surface area (Å²) in [4.78, 5) is 0. The SMILES string of the molecule is C1CCNCCNCCNCCNCCNCC1. The highest BCUT2D eigenvalue weighted by Gasteiger charge is 1.93. The molecule has 1 heterocycles. The van der Waals surface area contributed by atoms with Gasteiger partial charge in [0.05, 0.1) is 0 Å². The maximum atomic E-state index is 3.48. The van der Waals surface area contributed by atoms with E-state index in [9.17, 15) is 0 Å². The molecule has 1 rings (SSSR count). The van der Waals surface area contributed by atoms with E-state index in [0.717, 1.165) is 65.4 Å².